The van der Waals surface area contributed by atoms with Crippen LogP contribution in [0.3, 0.4) is 0 Å². The van der Waals surface area contributed by atoms with E-state index in [0.29, 0.717) is 50.1 Å². The standard InChI is InChI=1S/C25H30N2O4/c1-19-5-4-6-21(17-19)24(28)26-11-9-20(10-12-26)18-31-23-8-3-2-7-22(23)25(29)27-13-15-30-16-14-27/h2-8,17,20H,9-16,18H2,1H3. The van der Waals surface area contributed by atoms with Crippen molar-refractivity contribution in [2.24, 2.45) is 5.92 Å². The van der Waals surface area contributed by atoms with Crippen LogP contribution in [0.1, 0.15) is 39.1 Å². The number of para-hydroxylation sites is 1. The lowest BCUT2D eigenvalue weighted by atomic mass is 9.97. The van der Waals surface area contributed by atoms with E-state index in [0.717, 1.165) is 37.1 Å². The number of ether oxygens (including phenoxy) is 2. The quantitative estimate of drug-likeness (QED) is 0.741. The number of benzene rings is 2. The highest BCUT2D eigenvalue weighted by atomic mass is 16.5. The first-order chi connectivity index (χ1) is 15.1. The van der Waals surface area contributed by atoms with Gasteiger partial charge >= 0.3 is 0 Å². The summed E-state index contributed by atoms with van der Waals surface area (Å²) in [5.41, 5.74) is 2.46. The Hall–Kier alpha value is -2.86. The summed E-state index contributed by atoms with van der Waals surface area (Å²) in [5.74, 6) is 1.10. The Kier molecular flexibility index (Phi) is 6.87. The molecule has 6 heteroatoms. The van der Waals surface area contributed by atoms with Crippen LogP contribution in [-0.2, 0) is 4.74 Å². The van der Waals surface area contributed by atoms with Gasteiger partial charge in [0, 0.05) is 31.7 Å². The van der Waals surface area contributed by atoms with Crippen LogP contribution in [0.4, 0.5) is 0 Å². The number of carbonyl (C=O) groups is 2. The van der Waals surface area contributed by atoms with Gasteiger partial charge in [-0.15, -0.1) is 0 Å². The predicted octanol–water partition coefficient (Wildman–Crippen LogP) is 3.40. The summed E-state index contributed by atoms with van der Waals surface area (Å²) in [4.78, 5) is 29.4. The summed E-state index contributed by atoms with van der Waals surface area (Å²) in [6.07, 6.45) is 1.80. The summed E-state index contributed by atoms with van der Waals surface area (Å²) in [5, 5.41) is 0. The van der Waals surface area contributed by atoms with Crippen LogP contribution >= 0.6 is 0 Å². The third kappa shape index (κ3) is 5.25. The van der Waals surface area contributed by atoms with Crippen LogP contribution in [0, 0.1) is 12.8 Å². The topological polar surface area (TPSA) is 59.1 Å². The van der Waals surface area contributed by atoms with Gasteiger partial charge in [-0.25, -0.2) is 0 Å². The molecule has 0 aliphatic carbocycles. The monoisotopic (exact) mass is 422 g/mol. The SMILES string of the molecule is Cc1cccc(C(=O)N2CCC(COc3ccccc3C(=O)N3CCOCC3)CC2)c1. The molecule has 0 N–H and O–H groups in total. The van der Waals surface area contributed by atoms with Crippen molar-refractivity contribution in [1.29, 1.82) is 0 Å². The molecule has 0 unspecified atom stereocenters. The minimum atomic E-state index is -0.00234. The third-order valence-corrected chi connectivity index (χ3v) is 6.06. The fourth-order valence-electron chi connectivity index (χ4n) is 4.18. The molecule has 0 radical (unpaired) electrons. The van der Waals surface area contributed by atoms with Crippen molar-refractivity contribution in [2.75, 3.05) is 46.0 Å². The van der Waals surface area contributed by atoms with Gasteiger partial charge < -0.3 is 19.3 Å². The Morgan fingerprint density at radius 2 is 1.65 bits per heavy atom. The van der Waals surface area contributed by atoms with Crippen LogP contribution in [0.25, 0.3) is 0 Å². The largest absolute Gasteiger partial charge is 0.492 e. The lowest BCUT2D eigenvalue weighted by Gasteiger charge is -2.32. The van der Waals surface area contributed by atoms with Crippen LogP contribution < -0.4 is 4.74 Å². The third-order valence-electron chi connectivity index (χ3n) is 6.06. The van der Waals surface area contributed by atoms with Gasteiger partial charge in [0.15, 0.2) is 0 Å². The second-order valence-corrected chi connectivity index (χ2v) is 8.32. The summed E-state index contributed by atoms with van der Waals surface area (Å²) in [6.45, 7) is 6.40. The Morgan fingerprint density at radius 3 is 2.39 bits per heavy atom. The van der Waals surface area contributed by atoms with E-state index < -0.39 is 0 Å². The molecule has 2 heterocycles. The van der Waals surface area contributed by atoms with E-state index in [1.165, 1.54) is 0 Å². The molecule has 4 rings (SSSR count). The van der Waals surface area contributed by atoms with Gasteiger partial charge in [-0.1, -0.05) is 29.8 Å². The Bertz CT molecular complexity index is 915. The van der Waals surface area contributed by atoms with Crippen molar-refractivity contribution in [2.45, 2.75) is 19.8 Å². The molecule has 2 aromatic rings. The molecule has 0 saturated carbocycles. The van der Waals surface area contributed by atoms with Crippen molar-refractivity contribution in [3.63, 3.8) is 0 Å². The molecule has 2 aliphatic heterocycles. The van der Waals surface area contributed by atoms with E-state index in [9.17, 15) is 9.59 Å². The number of rotatable bonds is 5. The average Bonchev–Trinajstić information content (AvgIpc) is 2.83. The molecule has 0 aromatic heterocycles. The summed E-state index contributed by atoms with van der Waals surface area (Å²) in [7, 11) is 0. The van der Waals surface area contributed by atoms with Crippen molar-refractivity contribution >= 4 is 11.8 Å². The van der Waals surface area contributed by atoms with Gasteiger partial charge in [0.05, 0.1) is 25.4 Å². The van der Waals surface area contributed by atoms with E-state index in [2.05, 4.69) is 0 Å². The van der Waals surface area contributed by atoms with Crippen molar-refractivity contribution < 1.29 is 19.1 Å². The molecular weight excluding hydrogens is 392 g/mol. The minimum absolute atomic E-state index is 0.00234. The zero-order chi connectivity index (χ0) is 21.6. The van der Waals surface area contributed by atoms with E-state index in [-0.39, 0.29) is 11.8 Å². The van der Waals surface area contributed by atoms with Crippen molar-refractivity contribution in [3.05, 3.63) is 65.2 Å². The number of piperidine rings is 1. The van der Waals surface area contributed by atoms with E-state index in [4.69, 9.17) is 9.47 Å². The second-order valence-electron chi connectivity index (χ2n) is 8.32. The molecule has 2 fully saturated rings. The van der Waals surface area contributed by atoms with E-state index >= 15 is 0 Å². The number of morpholine rings is 1. The normalized spacial score (nSPS) is 17.5. The Labute approximate surface area is 183 Å². The van der Waals surface area contributed by atoms with Crippen molar-refractivity contribution in [1.82, 2.24) is 9.80 Å². The lowest BCUT2D eigenvalue weighted by molar-refractivity contribution is 0.0299. The van der Waals surface area contributed by atoms with E-state index in [1.54, 1.807) is 0 Å². The van der Waals surface area contributed by atoms with Crippen LogP contribution in [0.2, 0.25) is 0 Å². The molecule has 6 nitrogen and oxygen atoms in total. The first-order valence-electron chi connectivity index (χ1n) is 11.1. The van der Waals surface area contributed by atoms with Gasteiger partial charge in [-0.3, -0.25) is 9.59 Å². The number of hydrogen-bond donors (Lipinski definition) is 0. The van der Waals surface area contributed by atoms with Gasteiger partial charge in [0.1, 0.15) is 5.75 Å². The molecule has 0 bridgehead atoms. The molecule has 164 valence electrons. The molecule has 0 atom stereocenters. The maximum Gasteiger partial charge on any atom is 0.257 e. The maximum atomic E-state index is 12.9. The Balaban J connectivity index is 1.31. The van der Waals surface area contributed by atoms with Crippen LogP contribution in [0.5, 0.6) is 5.75 Å². The minimum Gasteiger partial charge on any atom is -0.492 e. The number of nitrogens with zero attached hydrogens (tertiary/aromatic N) is 2. The highest BCUT2D eigenvalue weighted by molar-refractivity contribution is 5.97. The predicted molar refractivity (Wildman–Crippen MR) is 118 cm³/mol. The molecule has 31 heavy (non-hydrogen) atoms. The van der Waals surface area contributed by atoms with Crippen LogP contribution in [-0.4, -0.2) is 67.6 Å². The zero-order valence-corrected chi connectivity index (χ0v) is 18.1. The molecule has 2 aliphatic rings. The van der Waals surface area contributed by atoms with Gasteiger partial charge in [0.2, 0.25) is 0 Å². The first-order valence-corrected chi connectivity index (χ1v) is 11.1. The lowest BCUT2D eigenvalue weighted by Crippen LogP contribution is -2.41. The van der Waals surface area contributed by atoms with E-state index in [1.807, 2.05) is 65.3 Å². The molecular formula is C25H30N2O4. The fourth-order valence-corrected chi connectivity index (χ4v) is 4.18. The first kappa shape index (κ1) is 21.4. The zero-order valence-electron chi connectivity index (χ0n) is 18.1. The van der Waals surface area contributed by atoms with Gasteiger partial charge in [0.25, 0.3) is 11.8 Å². The number of hydrogen-bond acceptors (Lipinski definition) is 4. The average molecular weight is 423 g/mol. The van der Waals surface area contributed by atoms with Crippen molar-refractivity contribution in [3.8, 4) is 5.75 Å². The van der Waals surface area contributed by atoms with Crippen LogP contribution in [0.15, 0.2) is 48.5 Å². The summed E-state index contributed by atoms with van der Waals surface area (Å²) in [6, 6.07) is 15.2. The highest BCUT2D eigenvalue weighted by Gasteiger charge is 2.25. The molecule has 2 saturated heterocycles. The molecule has 0 spiro atoms. The smallest absolute Gasteiger partial charge is 0.257 e. The highest BCUT2D eigenvalue weighted by Crippen LogP contribution is 2.24. The number of amides is 2. The number of aryl methyl sites for hydroxylation is 1. The maximum absolute atomic E-state index is 12.9. The molecule has 2 aromatic carbocycles. The number of likely N-dealkylation sites (tertiary alicyclic amines) is 1. The summed E-state index contributed by atoms with van der Waals surface area (Å²) >= 11 is 0. The number of carbonyl (C=O) groups excluding carboxylic acids is 2. The summed E-state index contributed by atoms with van der Waals surface area (Å²) < 4.78 is 11.5. The van der Waals surface area contributed by atoms with Gasteiger partial charge in [-0.05, 0) is 49.9 Å². The second kappa shape index (κ2) is 9.96. The fraction of sp³-hybridized carbons (Fsp3) is 0.440. The van der Waals surface area contributed by atoms with Gasteiger partial charge in [-0.2, -0.15) is 0 Å². The Morgan fingerprint density at radius 1 is 0.935 bits per heavy atom. The molecule has 2 amide bonds.